The van der Waals surface area contributed by atoms with Gasteiger partial charge in [0.25, 0.3) is 0 Å². The van der Waals surface area contributed by atoms with E-state index >= 15 is 0 Å². The molecule has 21 heavy (non-hydrogen) atoms. The first kappa shape index (κ1) is 15.6. The zero-order chi connectivity index (χ0) is 15.5. The van der Waals surface area contributed by atoms with E-state index in [1.54, 1.807) is 0 Å². The summed E-state index contributed by atoms with van der Waals surface area (Å²) in [5.74, 6) is -0.487. The van der Waals surface area contributed by atoms with Crippen molar-refractivity contribution < 1.29 is 27.8 Å². The van der Waals surface area contributed by atoms with Gasteiger partial charge in [-0.25, -0.2) is 0 Å². The molecule has 0 spiro atoms. The van der Waals surface area contributed by atoms with Crippen LogP contribution in [0.3, 0.4) is 0 Å². The van der Waals surface area contributed by atoms with Gasteiger partial charge in [0, 0.05) is 18.8 Å². The van der Waals surface area contributed by atoms with Gasteiger partial charge in [-0.1, -0.05) is 18.2 Å². The molecule has 0 radical (unpaired) electrons. The third-order valence-corrected chi connectivity index (χ3v) is 3.57. The topological polar surface area (TPSA) is 62.5 Å². The van der Waals surface area contributed by atoms with Crippen LogP contribution < -0.4 is 4.74 Å². The zero-order valence-electron chi connectivity index (χ0n) is 11.1. The maximum absolute atomic E-state index is 12.4. The van der Waals surface area contributed by atoms with Gasteiger partial charge in [-0.05, 0) is 18.9 Å². The van der Waals surface area contributed by atoms with Crippen LogP contribution in [0.5, 0.6) is 5.75 Å². The number of alkyl halides is 3. The molecule has 1 aromatic carbocycles. The van der Waals surface area contributed by atoms with Crippen LogP contribution in [0.4, 0.5) is 13.2 Å². The molecule has 1 aromatic rings. The van der Waals surface area contributed by atoms with Gasteiger partial charge in [0.2, 0.25) is 0 Å². The van der Waals surface area contributed by atoms with E-state index in [4.69, 9.17) is 4.74 Å². The van der Waals surface area contributed by atoms with Crippen molar-refractivity contribution in [3.05, 3.63) is 29.8 Å². The molecule has 4 nitrogen and oxygen atoms in total. The minimum absolute atomic E-state index is 0.0433. The molecule has 1 aliphatic heterocycles. The highest BCUT2D eigenvalue weighted by Crippen LogP contribution is 2.45. The first-order valence-electron chi connectivity index (χ1n) is 6.40. The number of aliphatic hydroxyl groups is 1. The van der Waals surface area contributed by atoms with E-state index in [9.17, 15) is 23.5 Å². The van der Waals surface area contributed by atoms with Crippen molar-refractivity contribution in [2.75, 3.05) is 13.2 Å². The van der Waals surface area contributed by atoms with E-state index in [0.717, 1.165) is 6.07 Å². The molecule has 2 rings (SSSR count). The smallest absolute Gasteiger partial charge is 0.405 e. The molecule has 1 unspecified atom stereocenters. The van der Waals surface area contributed by atoms with Gasteiger partial charge in [-0.3, -0.25) is 0 Å². The van der Waals surface area contributed by atoms with Crippen LogP contribution in [0.1, 0.15) is 24.5 Å². The Morgan fingerprint density at radius 3 is 2.48 bits per heavy atom. The summed E-state index contributed by atoms with van der Waals surface area (Å²) >= 11 is 0. The summed E-state index contributed by atoms with van der Waals surface area (Å²) in [6, 6.07) is 7.36. The highest BCUT2D eigenvalue weighted by Gasteiger charge is 2.43. The zero-order valence-corrected chi connectivity index (χ0v) is 11.1. The molecule has 1 heterocycles. The standard InChI is InChI=1S/C14H14F3NO3/c15-14(16,17)21-11-4-2-1-3-10(11)12(19)13(9-18)5-7-20-8-6-13/h1-4,12,19H,5-8H2. The summed E-state index contributed by atoms with van der Waals surface area (Å²) in [7, 11) is 0. The van der Waals surface area contributed by atoms with Gasteiger partial charge >= 0.3 is 6.36 Å². The lowest BCUT2D eigenvalue weighted by molar-refractivity contribution is -0.275. The van der Waals surface area contributed by atoms with Crippen molar-refractivity contribution in [1.29, 1.82) is 5.26 Å². The molecule has 0 aliphatic carbocycles. The summed E-state index contributed by atoms with van der Waals surface area (Å²) in [5, 5.41) is 19.8. The van der Waals surface area contributed by atoms with E-state index in [2.05, 4.69) is 4.74 Å². The molecule has 0 bridgehead atoms. The predicted molar refractivity (Wildman–Crippen MR) is 66.2 cm³/mol. The molecule has 0 aromatic heterocycles. The summed E-state index contributed by atoms with van der Waals surface area (Å²) in [6.07, 6.45) is -5.72. The predicted octanol–water partition coefficient (Wildman–Crippen LogP) is 2.94. The fourth-order valence-electron chi connectivity index (χ4n) is 2.40. The molecule has 7 heteroatoms. The van der Waals surface area contributed by atoms with E-state index in [-0.39, 0.29) is 31.6 Å². The third kappa shape index (κ3) is 3.46. The molecule has 1 atom stereocenters. The molecule has 1 saturated heterocycles. The Kier molecular flexibility index (Phi) is 4.40. The van der Waals surface area contributed by atoms with Crippen molar-refractivity contribution >= 4 is 0 Å². The van der Waals surface area contributed by atoms with Crippen molar-refractivity contribution in [2.45, 2.75) is 25.3 Å². The van der Waals surface area contributed by atoms with Crippen LogP contribution in [0, 0.1) is 16.7 Å². The largest absolute Gasteiger partial charge is 0.573 e. The number of nitriles is 1. The van der Waals surface area contributed by atoms with E-state index in [1.807, 2.05) is 6.07 Å². The van der Waals surface area contributed by atoms with Crippen LogP contribution >= 0.6 is 0 Å². The lowest BCUT2D eigenvalue weighted by Crippen LogP contribution is -2.34. The van der Waals surface area contributed by atoms with Crippen LogP contribution in [-0.4, -0.2) is 24.7 Å². The second kappa shape index (κ2) is 5.92. The summed E-state index contributed by atoms with van der Waals surface area (Å²) in [4.78, 5) is 0. The highest BCUT2D eigenvalue weighted by molar-refractivity contribution is 5.37. The molecular weight excluding hydrogens is 287 g/mol. The van der Waals surface area contributed by atoms with Gasteiger partial charge in [-0.15, -0.1) is 13.2 Å². The van der Waals surface area contributed by atoms with Crippen molar-refractivity contribution in [1.82, 2.24) is 0 Å². The molecule has 0 amide bonds. The second-order valence-corrected chi connectivity index (χ2v) is 4.87. The van der Waals surface area contributed by atoms with Gasteiger partial charge < -0.3 is 14.6 Å². The molecular formula is C14H14F3NO3. The number of ether oxygens (including phenoxy) is 2. The number of hydrogen-bond acceptors (Lipinski definition) is 4. The first-order chi connectivity index (χ1) is 9.88. The Hall–Kier alpha value is -1.78. The molecule has 0 saturated carbocycles. The van der Waals surface area contributed by atoms with Gasteiger partial charge in [0.1, 0.15) is 11.9 Å². The minimum atomic E-state index is -4.86. The van der Waals surface area contributed by atoms with Gasteiger partial charge in [0.15, 0.2) is 0 Å². The van der Waals surface area contributed by atoms with Crippen LogP contribution in [0.15, 0.2) is 24.3 Å². The average Bonchev–Trinajstić information content (AvgIpc) is 2.46. The van der Waals surface area contributed by atoms with Crippen LogP contribution in [0.2, 0.25) is 0 Å². The number of nitrogens with zero attached hydrogens (tertiary/aromatic N) is 1. The summed E-state index contributed by atoms with van der Waals surface area (Å²) in [6.45, 7) is 0.569. The lowest BCUT2D eigenvalue weighted by atomic mass is 9.74. The van der Waals surface area contributed by atoms with Crippen LogP contribution in [0.25, 0.3) is 0 Å². The normalized spacial score (nSPS) is 19.6. The lowest BCUT2D eigenvalue weighted by Gasteiger charge is -2.35. The first-order valence-corrected chi connectivity index (χ1v) is 6.40. The summed E-state index contributed by atoms with van der Waals surface area (Å²) < 4.78 is 46.3. The fraction of sp³-hybridized carbons (Fsp3) is 0.500. The number of para-hydroxylation sites is 1. The number of halogens is 3. The van der Waals surface area contributed by atoms with E-state index in [0.29, 0.717) is 0 Å². The number of benzene rings is 1. The highest BCUT2D eigenvalue weighted by atomic mass is 19.4. The Labute approximate surface area is 119 Å². The molecule has 1 N–H and O–H groups in total. The fourth-order valence-corrected chi connectivity index (χ4v) is 2.40. The number of rotatable bonds is 3. The van der Waals surface area contributed by atoms with Crippen molar-refractivity contribution in [3.63, 3.8) is 0 Å². The number of aliphatic hydroxyl groups excluding tert-OH is 1. The monoisotopic (exact) mass is 301 g/mol. The maximum atomic E-state index is 12.4. The minimum Gasteiger partial charge on any atom is -0.405 e. The quantitative estimate of drug-likeness (QED) is 0.932. The second-order valence-electron chi connectivity index (χ2n) is 4.87. The average molecular weight is 301 g/mol. The van der Waals surface area contributed by atoms with Gasteiger partial charge in [-0.2, -0.15) is 5.26 Å². The summed E-state index contributed by atoms with van der Waals surface area (Å²) in [5.41, 5.74) is -1.21. The van der Waals surface area contributed by atoms with Crippen molar-refractivity contribution in [2.24, 2.45) is 5.41 Å². The Balaban J connectivity index is 2.34. The van der Waals surface area contributed by atoms with Crippen LogP contribution in [-0.2, 0) is 4.74 Å². The molecule has 1 fully saturated rings. The molecule has 114 valence electrons. The maximum Gasteiger partial charge on any atom is 0.573 e. The van der Waals surface area contributed by atoms with E-state index in [1.165, 1.54) is 18.2 Å². The number of hydrogen-bond donors (Lipinski definition) is 1. The van der Waals surface area contributed by atoms with E-state index < -0.39 is 23.6 Å². The van der Waals surface area contributed by atoms with Gasteiger partial charge in [0.05, 0.1) is 11.5 Å². The Morgan fingerprint density at radius 2 is 1.90 bits per heavy atom. The SMILES string of the molecule is N#CC1(C(O)c2ccccc2OC(F)(F)F)CCOCC1. The Bertz CT molecular complexity index is 533. The Morgan fingerprint density at radius 1 is 1.29 bits per heavy atom. The molecule has 1 aliphatic rings. The third-order valence-electron chi connectivity index (χ3n) is 3.57. The van der Waals surface area contributed by atoms with Crippen molar-refractivity contribution in [3.8, 4) is 11.8 Å².